The quantitative estimate of drug-likeness (QED) is 0.295. The van der Waals surface area contributed by atoms with E-state index in [-0.39, 0.29) is 5.75 Å². The molecular formula is C24H17Cl3N4O2. The van der Waals surface area contributed by atoms with Crippen LogP contribution in [0.1, 0.15) is 11.1 Å². The monoisotopic (exact) mass is 498 g/mol. The van der Waals surface area contributed by atoms with Crippen LogP contribution >= 0.6 is 34.8 Å². The second-order valence-corrected chi connectivity index (χ2v) is 8.15. The largest absolute Gasteiger partial charge is 0.507 e. The number of hydrogen-bond donors (Lipinski definition) is 1. The van der Waals surface area contributed by atoms with Crippen LogP contribution in [0.5, 0.6) is 11.5 Å². The summed E-state index contributed by atoms with van der Waals surface area (Å²) >= 11 is 18.3. The molecule has 9 heteroatoms. The van der Waals surface area contributed by atoms with Gasteiger partial charge in [0.15, 0.2) is 0 Å². The molecule has 4 aromatic rings. The Morgan fingerprint density at radius 1 is 0.909 bits per heavy atom. The Labute approximate surface area is 205 Å². The van der Waals surface area contributed by atoms with E-state index >= 15 is 0 Å². The number of phenols is 1. The molecule has 0 spiro atoms. The minimum atomic E-state index is 0.0491. The zero-order chi connectivity index (χ0) is 23.4. The summed E-state index contributed by atoms with van der Waals surface area (Å²) in [5.41, 5.74) is 2.65. The third kappa shape index (κ3) is 5.54. The van der Waals surface area contributed by atoms with E-state index in [1.165, 1.54) is 17.0 Å². The maximum Gasteiger partial charge on any atom is 0.251 e. The van der Waals surface area contributed by atoms with E-state index in [9.17, 15) is 5.11 Å². The molecule has 0 aliphatic carbocycles. The first-order chi connectivity index (χ1) is 15.9. The van der Waals surface area contributed by atoms with E-state index in [1.54, 1.807) is 49.9 Å². The van der Waals surface area contributed by atoms with Crippen LogP contribution in [0.25, 0.3) is 11.3 Å². The lowest BCUT2D eigenvalue weighted by Gasteiger charge is -2.00. The number of hydrogen-bond acceptors (Lipinski definition) is 5. The number of aromatic nitrogens is 2. The van der Waals surface area contributed by atoms with Crippen LogP contribution in [0.2, 0.25) is 15.1 Å². The van der Waals surface area contributed by atoms with Crippen molar-refractivity contribution in [3.8, 4) is 22.8 Å². The van der Waals surface area contributed by atoms with Gasteiger partial charge in [-0.05, 0) is 54.6 Å². The molecule has 0 unspecified atom stereocenters. The second-order valence-electron chi connectivity index (χ2n) is 6.87. The number of benzene rings is 3. The normalized spacial score (nSPS) is 11.5. The van der Waals surface area contributed by atoms with Gasteiger partial charge in [-0.1, -0.05) is 40.9 Å². The highest BCUT2D eigenvalue weighted by atomic mass is 35.5. The minimum Gasteiger partial charge on any atom is -0.507 e. The predicted molar refractivity (Wildman–Crippen MR) is 134 cm³/mol. The zero-order valence-corrected chi connectivity index (χ0v) is 19.6. The standard InChI is InChI=1S/C24H17Cl3N4O2/c1-33-20-7-3-15(4-8-20)22-14-31(29-13-16-2-5-19(26)11-21(16)27)24(30-22)28-12-17-10-18(25)6-9-23(17)32/h2-14,32H,1H3/b28-12+,29-13?. The Balaban J connectivity index is 1.73. The van der Waals surface area contributed by atoms with E-state index < -0.39 is 0 Å². The SMILES string of the molecule is COc1ccc(-c2cn(N=Cc3ccc(Cl)cc3Cl)c(/N=C/c3cc(Cl)ccc3O)n2)cc1. The number of methoxy groups -OCH3 is 1. The lowest BCUT2D eigenvalue weighted by atomic mass is 10.2. The maximum absolute atomic E-state index is 10.1. The summed E-state index contributed by atoms with van der Waals surface area (Å²) in [6.45, 7) is 0. The molecule has 0 radical (unpaired) electrons. The van der Waals surface area contributed by atoms with Gasteiger partial charge in [-0.25, -0.2) is 14.7 Å². The first kappa shape index (κ1) is 22.9. The molecule has 1 heterocycles. The molecule has 1 N–H and O–H groups in total. The number of aliphatic imine (C=N–C) groups is 1. The number of phenolic OH excluding ortho intramolecular Hbond substituents is 1. The molecule has 0 fully saturated rings. The zero-order valence-electron chi connectivity index (χ0n) is 17.3. The van der Waals surface area contributed by atoms with Crippen molar-refractivity contribution in [2.75, 3.05) is 7.11 Å². The van der Waals surface area contributed by atoms with Crippen LogP contribution in [0.15, 0.2) is 77.0 Å². The highest BCUT2D eigenvalue weighted by molar-refractivity contribution is 6.36. The maximum atomic E-state index is 10.1. The third-order valence-corrected chi connectivity index (χ3v) is 5.45. The van der Waals surface area contributed by atoms with Crippen LogP contribution < -0.4 is 4.74 Å². The first-order valence-corrected chi connectivity index (χ1v) is 10.8. The van der Waals surface area contributed by atoms with Gasteiger partial charge in [0.25, 0.3) is 5.95 Å². The average molecular weight is 500 g/mol. The molecule has 1 aromatic heterocycles. The molecule has 0 amide bonds. The molecule has 166 valence electrons. The lowest BCUT2D eigenvalue weighted by molar-refractivity contribution is 0.415. The number of ether oxygens (including phenoxy) is 1. The van der Waals surface area contributed by atoms with Crippen molar-refractivity contribution in [2.24, 2.45) is 10.1 Å². The van der Waals surface area contributed by atoms with Gasteiger partial charge in [0.05, 0.1) is 30.2 Å². The van der Waals surface area contributed by atoms with Crippen molar-refractivity contribution < 1.29 is 9.84 Å². The summed E-state index contributed by atoms with van der Waals surface area (Å²) in [6.07, 6.45) is 4.81. The summed E-state index contributed by atoms with van der Waals surface area (Å²) in [5.74, 6) is 1.08. The van der Waals surface area contributed by atoms with Crippen molar-refractivity contribution in [3.63, 3.8) is 0 Å². The number of halogens is 3. The van der Waals surface area contributed by atoms with Gasteiger partial charge in [0, 0.05) is 33.0 Å². The summed E-state index contributed by atoms with van der Waals surface area (Å²) in [7, 11) is 1.61. The summed E-state index contributed by atoms with van der Waals surface area (Å²) in [5, 5.41) is 16.0. The van der Waals surface area contributed by atoms with Gasteiger partial charge in [0.2, 0.25) is 0 Å². The summed E-state index contributed by atoms with van der Waals surface area (Å²) < 4.78 is 6.74. The topological polar surface area (TPSA) is 72.0 Å². The van der Waals surface area contributed by atoms with E-state index in [0.29, 0.717) is 37.8 Å². The fourth-order valence-electron chi connectivity index (χ4n) is 2.92. The highest BCUT2D eigenvalue weighted by Crippen LogP contribution is 2.26. The Hall–Kier alpha value is -3.32. The Morgan fingerprint density at radius 2 is 1.64 bits per heavy atom. The molecule has 0 atom stereocenters. The van der Waals surface area contributed by atoms with E-state index in [2.05, 4.69) is 15.1 Å². The Bertz CT molecular complexity index is 1350. The van der Waals surface area contributed by atoms with Crippen molar-refractivity contribution in [3.05, 3.63) is 93.1 Å². The highest BCUT2D eigenvalue weighted by Gasteiger charge is 2.10. The first-order valence-electron chi connectivity index (χ1n) is 9.69. The molecule has 0 bridgehead atoms. The van der Waals surface area contributed by atoms with Gasteiger partial charge in [0.1, 0.15) is 11.5 Å². The Morgan fingerprint density at radius 3 is 2.36 bits per heavy atom. The smallest absolute Gasteiger partial charge is 0.251 e. The lowest BCUT2D eigenvalue weighted by Crippen LogP contribution is -1.91. The molecule has 0 aliphatic heterocycles. The van der Waals surface area contributed by atoms with Gasteiger partial charge in [-0.15, -0.1) is 0 Å². The molecule has 0 saturated heterocycles. The van der Waals surface area contributed by atoms with Crippen LogP contribution in [0.3, 0.4) is 0 Å². The van der Waals surface area contributed by atoms with Crippen molar-refractivity contribution >= 4 is 53.2 Å². The number of imidazole rings is 1. The average Bonchev–Trinajstić information content (AvgIpc) is 3.22. The van der Waals surface area contributed by atoms with E-state index in [0.717, 1.165) is 11.3 Å². The van der Waals surface area contributed by atoms with Gasteiger partial charge in [-0.2, -0.15) is 5.10 Å². The van der Waals surface area contributed by atoms with Crippen molar-refractivity contribution in [1.82, 2.24) is 9.66 Å². The molecule has 3 aromatic carbocycles. The fourth-order valence-corrected chi connectivity index (χ4v) is 3.56. The Kier molecular flexibility index (Phi) is 6.99. The third-order valence-electron chi connectivity index (χ3n) is 4.65. The molecule has 6 nitrogen and oxygen atoms in total. The number of nitrogens with zero attached hydrogens (tertiary/aromatic N) is 4. The number of rotatable bonds is 6. The van der Waals surface area contributed by atoms with Crippen LogP contribution in [-0.4, -0.2) is 34.3 Å². The predicted octanol–water partition coefficient (Wildman–Crippen LogP) is 6.86. The fraction of sp³-hybridized carbons (Fsp3) is 0.0417. The molecule has 33 heavy (non-hydrogen) atoms. The van der Waals surface area contributed by atoms with Gasteiger partial charge >= 0.3 is 0 Å². The van der Waals surface area contributed by atoms with E-state index in [4.69, 9.17) is 39.5 Å². The molecule has 0 aliphatic rings. The van der Waals surface area contributed by atoms with E-state index in [1.807, 2.05) is 24.3 Å². The van der Waals surface area contributed by atoms with Crippen molar-refractivity contribution in [2.45, 2.75) is 0 Å². The second kappa shape index (κ2) is 10.1. The van der Waals surface area contributed by atoms with Crippen LogP contribution in [0, 0.1) is 0 Å². The molecule has 0 saturated carbocycles. The van der Waals surface area contributed by atoms with Crippen molar-refractivity contribution in [1.29, 1.82) is 0 Å². The van der Waals surface area contributed by atoms with Gasteiger partial charge in [-0.3, -0.25) is 0 Å². The van der Waals surface area contributed by atoms with Gasteiger partial charge < -0.3 is 9.84 Å². The molecular weight excluding hydrogens is 483 g/mol. The minimum absolute atomic E-state index is 0.0491. The van der Waals surface area contributed by atoms with Crippen LogP contribution in [-0.2, 0) is 0 Å². The summed E-state index contributed by atoms with van der Waals surface area (Å²) in [6, 6.07) is 17.3. The summed E-state index contributed by atoms with van der Waals surface area (Å²) in [4.78, 5) is 9.02. The number of aromatic hydroxyl groups is 1. The van der Waals surface area contributed by atoms with Crippen LogP contribution in [0.4, 0.5) is 5.95 Å². The molecule has 4 rings (SSSR count).